The summed E-state index contributed by atoms with van der Waals surface area (Å²) in [6, 6.07) is 6.65. The van der Waals surface area contributed by atoms with Crippen molar-refractivity contribution in [3.05, 3.63) is 45.2 Å². The van der Waals surface area contributed by atoms with Gasteiger partial charge in [-0.1, -0.05) is 18.6 Å². The summed E-state index contributed by atoms with van der Waals surface area (Å²) in [4.78, 5) is 21.3. The molecule has 4 rings (SSSR count). The molecule has 1 unspecified atom stereocenters. The van der Waals surface area contributed by atoms with Crippen LogP contribution in [-0.4, -0.2) is 47.0 Å². The SMILES string of the molecule is Cc1ccc(C)c2c(=O)cc(CN3CCN4CCCCC4C3)[nH]c12. The Kier molecular flexibility index (Phi) is 4.19. The van der Waals surface area contributed by atoms with Gasteiger partial charge in [-0.2, -0.15) is 0 Å². The monoisotopic (exact) mass is 325 g/mol. The largest absolute Gasteiger partial charge is 0.357 e. The number of benzene rings is 1. The van der Waals surface area contributed by atoms with Gasteiger partial charge in [-0.05, 0) is 44.4 Å². The average Bonchev–Trinajstić information content (AvgIpc) is 2.58. The summed E-state index contributed by atoms with van der Waals surface area (Å²) in [5.41, 5.74) is 4.40. The summed E-state index contributed by atoms with van der Waals surface area (Å²) in [5, 5.41) is 0.843. The molecular formula is C20H27N3O. The van der Waals surface area contributed by atoms with Gasteiger partial charge in [-0.25, -0.2) is 0 Å². The highest BCUT2D eigenvalue weighted by Gasteiger charge is 2.28. The van der Waals surface area contributed by atoms with Crippen LogP contribution in [-0.2, 0) is 6.54 Å². The van der Waals surface area contributed by atoms with Crippen molar-refractivity contribution in [3.8, 4) is 0 Å². The van der Waals surface area contributed by atoms with Crippen molar-refractivity contribution < 1.29 is 0 Å². The Hall–Kier alpha value is -1.65. The van der Waals surface area contributed by atoms with Gasteiger partial charge in [0.15, 0.2) is 5.43 Å². The molecule has 0 radical (unpaired) electrons. The standard InChI is InChI=1S/C20H27N3O/c1-14-6-7-15(2)20-19(14)18(24)11-16(21-20)12-22-9-10-23-8-4-3-5-17(23)13-22/h6-7,11,17H,3-5,8-10,12-13H2,1-2H3,(H,21,24). The van der Waals surface area contributed by atoms with Gasteiger partial charge in [0.2, 0.25) is 0 Å². The number of hydrogen-bond acceptors (Lipinski definition) is 3. The van der Waals surface area contributed by atoms with Crippen LogP contribution in [0.1, 0.15) is 36.1 Å². The molecule has 1 aromatic carbocycles. The molecule has 0 saturated carbocycles. The number of nitrogens with one attached hydrogen (secondary N) is 1. The zero-order chi connectivity index (χ0) is 16.7. The van der Waals surface area contributed by atoms with E-state index in [1.165, 1.54) is 32.4 Å². The van der Waals surface area contributed by atoms with Crippen molar-refractivity contribution in [2.75, 3.05) is 26.2 Å². The molecule has 24 heavy (non-hydrogen) atoms. The first-order valence-corrected chi connectivity index (χ1v) is 9.20. The Bertz CT molecular complexity index is 810. The van der Waals surface area contributed by atoms with Crippen molar-refractivity contribution in [1.29, 1.82) is 0 Å². The molecule has 2 saturated heterocycles. The highest BCUT2D eigenvalue weighted by atomic mass is 16.1. The zero-order valence-corrected chi connectivity index (χ0v) is 14.8. The molecule has 1 aromatic heterocycles. The molecule has 0 amide bonds. The Morgan fingerprint density at radius 2 is 1.96 bits per heavy atom. The quantitative estimate of drug-likeness (QED) is 0.923. The molecular weight excluding hydrogens is 298 g/mol. The first-order chi connectivity index (χ1) is 11.6. The van der Waals surface area contributed by atoms with Crippen molar-refractivity contribution in [2.45, 2.75) is 45.7 Å². The lowest BCUT2D eigenvalue weighted by Gasteiger charge is -2.44. The lowest BCUT2D eigenvalue weighted by Crippen LogP contribution is -2.54. The van der Waals surface area contributed by atoms with E-state index in [9.17, 15) is 4.79 Å². The first kappa shape index (κ1) is 15.9. The van der Waals surface area contributed by atoms with E-state index in [-0.39, 0.29) is 5.43 Å². The Balaban J connectivity index is 1.59. The fourth-order valence-electron chi connectivity index (χ4n) is 4.41. The number of aryl methyl sites for hydroxylation is 2. The Labute approximate surface area is 143 Å². The minimum atomic E-state index is 0.149. The number of aromatic amines is 1. The number of piperidine rings is 1. The molecule has 2 aliphatic heterocycles. The number of aromatic nitrogens is 1. The Morgan fingerprint density at radius 1 is 1.12 bits per heavy atom. The van der Waals surface area contributed by atoms with Crippen LogP contribution in [0.2, 0.25) is 0 Å². The van der Waals surface area contributed by atoms with Gasteiger partial charge < -0.3 is 4.98 Å². The maximum Gasteiger partial charge on any atom is 0.189 e. The molecule has 0 aliphatic carbocycles. The van der Waals surface area contributed by atoms with E-state index < -0.39 is 0 Å². The van der Waals surface area contributed by atoms with Crippen LogP contribution in [0, 0.1) is 13.8 Å². The highest BCUT2D eigenvalue weighted by Crippen LogP contribution is 2.22. The maximum absolute atomic E-state index is 12.6. The first-order valence-electron chi connectivity index (χ1n) is 9.20. The molecule has 3 heterocycles. The van der Waals surface area contributed by atoms with Gasteiger partial charge >= 0.3 is 0 Å². The molecule has 1 N–H and O–H groups in total. The summed E-state index contributed by atoms with van der Waals surface area (Å²) in [5.74, 6) is 0. The van der Waals surface area contributed by atoms with Crippen LogP contribution in [0.25, 0.3) is 10.9 Å². The number of fused-ring (bicyclic) bond motifs is 2. The predicted molar refractivity (Wildman–Crippen MR) is 98.5 cm³/mol. The lowest BCUT2D eigenvalue weighted by molar-refractivity contribution is 0.0451. The van der Waals surface area contributed by atoms with E-state index in [4.69, 9.17) is 0 Å². The van der Waals surface area contributed by atoms with Crippen LogP contribution in [0.15, 0.2) is 23.0 Å². The van der Waals surface area contributed by atoms with E-state index >= 15 is 0 Å². The minimum Gasteiger partial charge on any atom is -0.357 e. The molecule has 0 spiro atoms. The number of rotatable bonds is 2. The number of H-pyrrole nitrogens is 1. The average molecular weight is 325 g/mol. The van der Waals surface area contributed by atoms with E-state index in [1.54, 1.807) is 0 Å². The summed E-state index contributed by atoms with van der Waals surface area (Å²) in [7, 11) is 0. The molecule has 0 bridgehead atoms. The molecule has 4 heteroatoms. The van der Waals surface area contributed by atoms with Crippen molar-refractivity contribution >= 4 is 10.9 Å². The minimum absolute atomic E-state index is 0.149. The second kappa shape index (κ2) is 6.34. The Morgan fingerprint density at radius 3 is 2.83 bits per heavy atom. The fourth-order valence-corrected chi connectivity index (χ4v) is 4.41. The fraction of sp³-hybridized carbons (Fsp3) is 0.550. The molecule has 1 atom stereocenters. The van der Waals surface area contributed by atoms with Crippen molar-refractivity contribution in [3.63, 3.8) is 0 Å². The van der Waals surface area contributed by atoms with Crippen LogP contribution >= 0.6 is 0 Å². The predicted octanol–water partition coefficient (Wildman–Crippen LogP) is 2.82. The second-order valence-electron chi connectivity index (χ2n) is 7.53. The van der Waals surface area contributed by atoms with Crippen LogP contribution in [0.5, 0.6) is 0 Å². The second-order valence-corrected chi connectivity index (χ2v) is 7.53. The summed E-state index contributed by atoms with van der Waals surface area (Å²) >= 11 is 0. The summed E-state index contributed by atoms with van der Waals surface area (Å²) in [6.45, 7) is 9.60. The maximum atomic E-state index is 12.6. The third kappa shape index (κ3) is 2.89. The van der Waals surface area contributed by atoms with Gasteiger partial charge in [-0.3, -0.25) is 14.6 Å². The van der Waals surface area contributed by atoms with Gasteiger partial charge in [0.1, 0.15) is 0 Å². The van der Waals surface area contributed by atoms with Crippen LogP contribution < -0.4 is 5.43 Å². The zero-order valence-electron chi connectivity index (χ0n) is 14.8. The van der Waals surface area contributed by atoms with E-state index in [1.807, 2.05) is 19.1 Å². The molecule has 2 aromatic rings. The molecule has 2 aliphatic rings. The third-order valence-corrected chi connectivity index (χ3v) is 5.77. The normalized spacial score (nSPS) is 22.7. The van der Waals surface area contributed by atoms with E-state index in [2.05, 4.69) is 27.8 Å². The van der Waals surface area contributed by atoms with Crippen molar-refractivity contribution in [1.82, 2.24) is 14.8 Å². The van der Waals surface area contributed by atoms with E-state index in [0.29, 0.717) is 6.04 Å². The number of nitrogens with zero attached hydrogens (tertiary/aromatic N) is 2. The summed E-state index contributed by atoms with van der Waals surface area (Å²) in [6.07, 6.45) is 4.04. The van der Waals surface area contributed by atoms with Crippen LogP contribution in [0.4, 0.5) is 0 Å². The number of piperazine rings is 1. The van der Waals surface area contributed by atoms with Gasteiger partial charge in [0.25, 0.3) is 0 Å². The number of pyridine rings is 1. The summed E-state index contributed by atoms with van der Waals surface area (Å²) < 4.78 is 0. The lowest BCUT2D eigenvalue weighted by atomic mass is 9.99. The van der Waals surface area contributed by atoms with Gasteiger partial charge in [-0.15, -0.1) is 0 Å². The van der Waals surface area contributed by atoms with Crippen LogP contribution in [0.3, 0.4) is 0 Å². The molecule has 128 valence electrons. The van der Waals surface area contributed by atoms with Crippen molar-refractivity contribution in [2.24, 2.45) is 0 Å². The third-order valence-electron chi connectivity index (χ3n) is 5.77. The molecule has 4 nitrogen and oxygen atoms in total. The smallest absolute Gasteiger partial charge is 0.189 e. The number of hydrogen-bond donors (Lipinski definition) is 1. The van der Waals surface area contributed by atoms with Gasteiger partial charge in [0, 0.05) is 49.4 Å². The highest BCUT2D eigenvalue weighted by molar-refractivity contribution is 5.84. The van der Waals surface area contributed by atoms with Gasteiger partial charge in [0.05, 0.1) is 5.52 Å². The topological polar surface area (TPSA) is 39.3 Å². The molecule has 2 fully saturated rings. The van der Waals surface area contributed by atoms with E-state index in [0.717, 1.165) is 47.4 Å².